The average Bonchev–Trinajstić information content (AvgIpc) is 3.02. The van der Waals surface area contributed by atoms with Crippen LogP contribution >= 0.6 is 39.3 Å². The maximum Gasteiger partial charge on any atom is 0.293 e. The number of carbonyl (C=O) groups excluding carboxylic acids is 2. The molecule has 1 aliphatic heterocycles. The molecule has 1 saturated heterocycles. The van der Waals surface area contributed by atoms with Gasteiger partial charge in [-0.1, -0.05) is 58.9 Å². The van der Waals surface area contributed by atoms with Gasteiger partial charge in [-0.05, 0) is 72.5 Å². The predicted molar refractivity (Wildman–Crippen MR) is 129 cm³/mol. The van der Waals surface area contributed by atoms with Crippen molar-refractivity contribution >= 4 is 56.5 Å². The Morgan fingerprint density at radius 1 is 1.10 bits per heavy atom. The zero-order chi connectivity index (χ0) is 21.8. The fraction of sp³-hybridized carbons (Fsp3) is 0.333. The summed E-state index contributed by atoms with van der Waals surface area (Å²) < 4.78 is 6.89. The van der Waals surface area contributed by atoms with Crippen LogP contribution in [0.2, 0.25) is 5.02 Å². The molecule has 31 heavy (non-hydrogen) atoms. The van der Waals surface area contributed by atoms with Gasteiger partial charge in [-0.2, -0.15) is 0 Å². The van der Waals surface area contributed by atoms with Gasteiger partial charge in [0.2, 0.25) is 0 Å². The van der Waals surface area contributed by atoms with Crippen molar-refractivity contribution in [3.8, 4) is 5.75 Å². The third-order valence-electron chi connectivity index (χ3n) is 5.61. The first-order valence-electron chi connectivity index (χ1n) is 10.4. The van der Waals surface area contributed by atoms with Crippen molar-refractivity contribution in [1.29, 1.82) is 0 Å². The third kappa shape index (κ3) is 5.73. The standard InChI is InChI=1S/C24H23BrClNO3S/c25-19-8-11-21(30-15-17-6-9-20(26)10-7-17)18(12-19)13-22-23(28)27(24(29)31-22)14-16-4-2-1-3-5-16/h6-13,16H,1-5,14-15H2/b22-13+. The third-order valence-corrected chi connectivity index (χ3v) is 7.26. The van der Waals surface area contributed by atoms with Gasteiger partial charge in [-0.25, -0.2) is 0 Å². The van der Waals surface area contributed by atoms with Gasteiger partial charge in [0.25, 0.3) is 11.1 Å². The molecule has 4 nitrogen and oxygen atoms in total. The summed E-state index contributed by atoms with van der Waals surface area (Å²) in [4.78, 5) is 27.3. The topological polar surface area (TPSA) is 46.6 Å². The summed E-state index contributed by atoms with van der Waals surface area (Å²) in [5.74, 6) is 0.868. The van der Waals surface area contributed by atoms with Gasteiger partial charge in [0.15, 0.2) is 0 Å². The number of amides is 2. The molecule has 2 aromatic carbocycles. The summed E-state index contributed by atoms with van der Waals surface area (Å²) in [5.41, 5.74) is 1.75. The van der Waals surface area contributed by atoms with Crippen LogP contribution in [-0.2, 0) is 11.4 Å². The lowest BCUT2D eigenvalue weighted by atomic mass is 9.89. The molecule has 2 amide bonds. The van der Waals surface area contributed by atoms with Crippen molar-refractivity contribution in [3.05, 3.63) is 68.0 Å². The number of rotatable bonds is 6. The van der Waals surface area contributed by atoms with Gasteiger partial charge in [0.05, 0.1) is 4.91 Å². The number of carbonyl (C=O) groups is 2. The molecular formula is C24H23BrClNO3S. The Morgan fingerprint density at radius 3 is 2.58 bits per heavy atom. The minimum atomic E-state index is -0.204. The lowest BCUT2D eigenvalue weighted by Gasteiger charge is -2.25. The molecule has 4 rings (SSSR count). The molecule has 0 radical (unpaired) electrons. The van der Waals surface area contributed by atoms with Crippen molar-refractivity contribution < 1.29 is 14.3 Å². The van der Waals surface area contributed by atoms with Crippen LogP contribution in [0.25, 0.3) is 6.08 Å². The highest BCUT2D eigenvalue weighted by Crippen LogP contribution is 2.36. The Labute approximate surface area is 200 Å². The quantitative estimate of drug-likeness (QED) is 0.375. The number of nitrogens with zero attached hydrogens (tertiary/aromatic N) is 1. The maximum absolute atomic E-state index is 13.0. The van der Waals surface area contributed by atoms with Crippen LogP contribution in [0.3, 0.4) is 0 Å². The van der Waals surface area contributed by atoms with Gasteiger partial charge in [0, 0.05) is 21.6 Å². The van der Waals surface area contributed by atoms with Crippen LogP contribution < -0.4 is 4.74 Å². The van der Waals surface area contributed by atoms with Crippen LogP contribution in [0.4, 0.5) is 4.79 Å². The van der Waals surface area contributed by atoms with E-state index in [-0.39, 0.29) is 11.1 Å². The van der Waals surface area contributed by atoms with E-state index in [4.69, 9.17) is 16.3 Å². The molecule has 2 aromatic rings. The highest BCUT2D eigenvalue weighted by Gasteiger charge is 2.36. The van der Waals surface area contributed by atoms with Crippen molar-refractivity contribution in [2.45, 2.75) is 38.7 Å². The van der Waals surface area contributed by atoms with Crippen LogP contribution in [0.5, 0.6) is 5.75 Å². The molecule has 0 aromatic heterocycles. The van der Waals surface area contributed by atoms with E-state index in [2.05, 4.69) is 15.9 Å². The van der Waals surface area contributed by atoms with Crippen LogP contribution in [0.1, 0.15) is 43.2 Å². The van der Waals surface area contributed by atoms with Gasteiger partial charge in [0.1, 0.15) is 12.4 Å². The Bertz CT molecular complexity index is 1000. The number of hydrogen-bond donors (Lipinski definition) is 0. The molecule has 7 heteroatoms. The van der Waals surface area contributed by atoms with Crippen molar-refractivity contribution in [2.24, 2.45) is 5.92 Å². The van der Waals surface area contributed by atoms with Gasteiger partial charge < -0.3 is 4.74 Å². The number of imide groups is 1. The summed E-state index contributed by atoms with van der Waals surface area (Å²) >= 11 is 10.4. The first kappa shape index (κ1) is 22.4. The second-order valence-corrected chi connectivity index (χ2v) is 10.2. The monoisotopic (exact) mass is 519 g/mol. The summed E-state index contributed by atoms with van der Waals surface area (Å²) in [5, 5.41) is 0.498. The Hall–Kier alpha value is -1.76. The largest absolute Gasteiger partial charge is 0.488 e. The number of thioether (sulfide) groups is 1. The first-order valence-corrected chi connectivity index (χ1v) is 12.4. The molecule has 2 fully saturated rings. The number of ether oxygens (including phenoxy) is 1. The highest BCUT2D eigenvalue weighted by molar-refractivity contribution is 9.10. The lowest BCUT2D eigenvalue weighted by molar-refractivity contribution is -0.123. The molecular weight excluding hydrogens is 498 g/mol. The van der Waals surface area contributed by atoms with Gasteiger partial charge in [-0.15, -0.1) is 0 Å². The summed E-state index contributed by atoms with van der Waals surface area (Å²) in [6.45, 7) is 0.906. The van der Waals surface area contributed by atoms with Crippen LogP contribution in [-0.4, -0.2) is 22.6 Å². The Kier molecular flexibility index (Phi) is 7.41. The molecule has 1 aliphatic carbocycles. The van der Waals surface area contributed by atoms with Gasteiger partial charge >= 0.3 is 0 Å². The second-order valence-electron chi connectivity index (χ2n) is 7.89. The second kappa shape index (κ2) is 10.2. The number of benzene rings is 2. The van der Waals surface area contributed by atoms with Crippen LogP contribution in [0, 0.1) is 5.92 Å². The molecule has 0 bridgehead atoms. The van der Waals surface area contributed by atoms with E-state index >= 15 is 0 Å². The van der Waals surface area contributed by atoms with E-state index in [0.717, 1.165) is 40.2 Å². The smallest absolute Gasteiger partial charge is 0.293 e. The van der Waals surface area contributed by atoms with Crippen molar-refractivity contribution in [2.75, 3.05) is 6.54 Å². The van der Waals surface area contributed by atoms with Crippen molar-refractivity contribution in [3.63, 3.8) is 0 Å². The molecule has 162 valence electrons. The van der Waals surface area contributed by atoms with E-state index in [1.165, 1.54) is 24.2 Å². The van der Waals surface area contributed by atoms with Crippen molar-refractivity contribution in [1.82, 2.24) is 4.90 Å². The summed E-state index contributed by atoms with van der Waals surface area (Å²) in [6, 6.07) is 13.1. The molecule has 1 heterocycles. The normalized spacial score (nSPS) is 18.8. The molecule has 0 atom stereocenters. The lowest BCUT2D eigenvalue weighted by Crippen LogP contribution is -2.34. The fourth-order valence-corrected chi connectivity index (χ4v) is 5.28. The number of halogens is 2. The molecule has 0 N–H and O–H groups in total. The zero-order valence-corrected chi connectivity index (χ0v) is 20.1. The summed E-state index contributed by atoms with van der Waals surface area (Å²) in [7, 11) is 0. The molecule has 1 saturated carbocycles. The first-order chi connectivity index (χ1) is 15.0. The number of hydrogen-bond acceptors (Lipinski definition) is 4. The Morgan fingerprint density at radius 2 is 1.84 bits per heavy atom. The SMILES string of the molecule is O=C1S/C(=C/c2cc(Br)ccc2OCc2ccc(Cl)cc2)C(=O)N1CC1CCCCC1. The maximum atomic E-state index is 13.0. The zero-order valence-electron chi connectivity index (χ0n) is 17.0. The average molecular weight is 521 g/mol. The molecule has 0 unspecified atom stereocenters. The predicted octanol–water partition coefficient (Wildman–Crippen LogP) is 7.30. The van der Waals surface area contributed by atoms with Crippen LogP contribution in [0.15, 0.2) is 51.8 Å². The van der Waals surface area contributed by atoms with E-state index in [0.29, 0.717) is 34.7 Å². The Balaban J connectivity index is 1.50. The fourth-order valence-electron chi connectivity index (χ4n) is 3.93. The summed E-state index contributed by atoms with van der Waals surface area (Å²) in [6.07, 6.45) is 7.56. The van der Waals surface area contributed by atoms with E-state index in [9.17, 15) is 9.59 Å². The van der Waals surface area contributed by atoms with E-state index in [1.807, 2.05) is 42.5 Å². The minimum Gasteiger partial charge on any atom is -0.488 e. The molecule has 2 aliphatic rings. The van der Waals surface area contributed by atoms with E-state index in [1.54, 1.807) is 6.08 Å². The highest BCUT2D eigenvalue weighted by atomic mass is 79.9. The molecule has 0 spiro atoms. The minimum absolute atomic E-state index is 0.180. The van der Waals surface area contributed by atoms with Gasteiger partial charge in [-0.3, -0.25) is 14.5 Å². The van der Waals surface area contributed by atoms with E-state index < -0.39 is 0 Å².